The van der Waals surface area contributed by atoms with Gasteiger partial charge in [0.05, 0.1) is 11.7 Å². The molecule has 2 aromatic rings. The molecule has 24 heavy (non-hydrogen) atoms. The largest absolute Gasteiger partial charge is 0.339 e. The molecule has 0 saturated carbocycles. The van der Waals surface area contributed by atoms with Crippen molar-refractivity contribution in [2.75, 3.05) is 32.7 Å². The van der Waals surface area contributed by atoms with Gasteiger partial charge in [0.2, 0.25) is 0 Å². The smallest absolute Gasteiger partial charge is 0.152 e. The Morgan fingerprint density at radius 3 is 2.33 bits per heavy atom. The third kappa shape index (κ3) is 3.64. The lowest BCUT2D eigenvalue weighted by atomic mass is 10.1. The van der Waals surface area contributed by atoms with E-state index in [2.05, 4.69) is 33.6 Å². The molecule has 1 aliphatic heterocycles. The number of aromatic nitrogens is 2. The monoisotopic (exact) mass is 347 g/mol. The molecule has 1 saturated heterocycles. The van der Waals surface area contributed by atoms with Gasteiger partial charge in [0.15, 0.2) is 5.15 Å². The maximum absolute atomic E-state index is 6.43. The number of halogens is 1. The lowest BCUT2D eigenvalue weighted by Gasteiger charge is -2.40. The van der Waals surface area contributed by atoms with Crippen molar-refractivity contribution in [1.29, 1.82) is 0 Å². The van der Waals surface area contributed by atoms with Crippen molar-refractivity contribution >= 4 is 11.6 Å². The first-order valence-corrected chi connectivity index (χ1v) is 8.97. The average molecular weight is 348 g/mol. The number of rotatable bonds is 5. The molecule has 0 radical (unpaired) electrons. The molecule has 1 aliphatic rings. The van der Waals surface area contributed by atoms with Crippen LogP contribution in [0.3, 0.4) is 0 Å². The molecule has 3 N–H and O–H groups in total. The first-order valence-electron chi connectivity index (χ1n) is 8.59. The van der Waals surface area contributed by atoms with Gasteiger partial charge in [-0.05, 0) is 13.8 Å². The quantitative estimate of drug-likeness (QED) is 0.873. The highest BCUT2D eigenvalue weighted by molar-refractivity contribution is 6.30. The first-order chi connectivity index (χ1) is 11.6. The number of imidazole rings is 1. The van der Waals surface area contributed by atoms with Crippen LogP contribution >= 0.6 is 11.6 Å². The third-order valence-electron chi connectivity index (χ3n) is 4.81. The summed E-state index contributed by atoms with van der Waals surface area (Å²) in [7, 11) is 0. The highest BCUT2D eigenvalue weighted by Crippen LogP contribution is 2.29. The Hall–Kier alpha value is -1.40. The fourth-order valence-corrected chi connectivity index (χ4v) is 3.59. The zero-order valence-corrected chi connectivity index (χ0v) is 15.1. The van der Waals surface area contributed by atoms with E-state index in [9.17, 15) is 0 Å². The molecule has 2 heterocycles. The van der Waals surface area contributed by atoms with Crippen molar-refractivity contribution < 1.29 is 0 Å². The van der Waals surface area contributed by atoms with Crippen LogP contribution in [-0.2, 0) is 0 Å². The lowest BCUT2D eigenvalue weighted by molar-refractivity contribution is 0.0791. The van der Waals surface area contributed by atoms with E-state index >= 15 is 0 Å². The number of aromatic amines is 1. The van der Waals surface area contributed by atoms with E-state index in [-0.39, 0.29) is 6.04 Å². The summed E-state index contributed by atoms with van der Waals surface area (Å²) in [6.45, 7) is 9.13. The second kappa shape index (κ2) is 7.66. The number of piperazine rings is 1. The van der Waals surface area contributed by atoms with E-state index < -0.39 is 0 Å². The highest BCUT2D eigenvalue weighted by atomic mass is 35.5. The van der Waals surface area contributed by atoms with Crippen LogP contribution in [0.1, 0.15) is 25.6 Å². The summed E-state index contributed by atoms with van der Waals surface area (Å²) in [5.41, 5.74) is 8.05. The Balaban J connectivity index is 1.78. The van der Waals surface area contributed by atoms with Gasteiger partial charge in [-0.2, -0.15) is 0 Å². The maximum atomic E-state index is 6.43. The summed E-state index contributed by atoms with van der Waals surface area (Å²) < 4.78 is 0. The molecular weight excluding hydrogens is 322 g/mol. The molecule has 5 nitrogen and oxygen atoms in total. The van der Waals surface area contributed by atoms with E-state index in [1.807, 2.05) is 30.3 Å². The van der Waals surface area contributed by atoms with Crippen molar-refractivity contribution in [3.8, 4) is 11.4 Å². The van der Waals surface area contributed by atoms with Crippen LogP contribution < -0.4 is 5.73 Å². The third-order valence-corrected chi connectivity index (χ3v) is 5.10. The van der Waals surface area contributed by atoms with Crippen LogP contribution in [0, 0.1) is 0 Å². The molecular formula is C18H26ClN5. The van der Waals surface area contributed by atoms with Gasteiger partial charge >= 0.3 is 0 Å². The Morgan fingerprint density at radius 2 is 1.75 bits per heavy atom. The summed E-state index contributed by atoms with van der Waals surface area (Å²) in [6, 6.07) is 10.7. The summed E-state index contributed by atoms with van der Waals surface area (Å²) >= 11 is 6.43. The summed E-state index contributed by atoms with van der Waals surface area (Å²) in [6.07, 6.45) is 0. The molecule has 1 unspecified atom stereocenters. The number of nitrogens with zero attached hydrogens (tertiary/aromatic N) is 3. The Bertz CT molecular complexity index is 647. The second-order valence-corrected chi connectivity index (χ2v) is 6.93. The predicted molar refractivity (Wildman–Crippen MR) is 99.1 cm³/mol. The number of hydrogen-bond donors (Lipinski definition) is 2. The molecule has 3 rings (SSSR count). The zero-order valence-electron chi connectivity index (χ0n) is 14.4. The molecule has 0 amide bonds. The van der Waals surface area contributed by atoms with Crippen molar-refractivity contribution in [2.24, 2.45) is 5.73 Å². The Kier molecular flexibility index (Phi) is 5.56. The second-order valence-electron chi connectivity index (χ2n) is 6.57. The van der Waals surface area contributed by atoms with Crippen molar-refractivity contribution in [3.63, 3.8) is 0 Å². The molecule has 130 valence electrons. The fraction of sp³-hybridized carbons (Fsp3) is 0.500. The standard InChI is InChI=1S/C18H26ClN5/c1-13(2)23-8-10-24(11-9-23)15(12-20)16-17(19)22-18(21-16)14-6-4-3-5-7-14/h3-7,13,15H,8-12,20H2,1-2H3,(H,21,22). The van der Waals surface area contributed by atoms with Crippen LogP contribution in [0.5, 0.6) is 0 Å². The van der Waals surface area contributed by atoms with Gasteiger partial charge in [-0.25, -0.2) is 4.98 Å². The molecule has 1 aromatic heterocycles. The minimum Gasteiger partial charge on any atom is -0.339 e. The van der Waals surface area contributed by atoms with Gasteiger partial charge in [0, 0.05) is 44.3 Å². The van der Waals surface area contributed by atoms with E-state index in [4.69, 9.17) is 17.3 Å². The first kappa shape index (κ1) is 17.4. The lowest BCUT2D eigenvalue weighted by Crippen LogP contribution is -2.51. The summed E-state index contributed by atoms with van der Waals surface area (Å²) in [4.78, 5) is 12.8. The molecule has 0 spiro atoms. The van der Waals surface area contributed by atoms with Crippen molar-refractivity contribution in [1.82, 2.24) is 19.8 Å². The number of nitrogens with one attached hydrogen (secondary N) is 1. The molecule has 1 aromatic carbocycles. The fourth-order valence-electron chi connectivity index (χ4n) is 3.33. The van der Waals surface area contributed by atoms with Crippen LogP contribution in [0.4, 0.5) is 0 Å². The van der Waals surface area contributed by atoms with Crippen molar-refractivity contribution in [2.45, 2.75) is 25.9 Å². The summed E-state index contributed by atoms with van der Waals surface area (Å²) in [5, 5.41) is 0.524. The normalized spacial score (nSPS) is 18.2. The van der Waals surface area contributed by atoms with Crippen LogP contribution in [-0.4, -0.2) is 58.5 Å². The molecule has 6 heteroatoms. The number of benzene rings is 1. The molecule has 1 atom stereocenters. The summed E-state index contributed by atoms with van der Waals surface area (Å²) in [5.74, 6) is 0.801. The van der Waals surface area contributed by atoms with Gasteiger partial charge in [0.25, 0.3) is 0 Å². The Labute approximate surface area is 148 Å². The van der Waals surface area contributed by atoms with Gasteiger partial charge in [-0.1, -0.05) is 41.9 Å². The van der Waals surface area contributed by atoms with Crippen LogP contribution in [0.25, 0.3) is 11.4 Å². The molecule has 1 fully saturated rings. The topological polar surface area (TPSA) is 61.2 Å². The SMILES string of the molecule is CC(C)N1CCN(C(CN)c2[nH]c(-c3ccccc3)nc2Cl)CC1. The van der Waals surface area contributed by atoms with Gasteiger partial charge < -0.3 is 10.7 Å². The molecule has 0 bridgehead atoms. The molecule has 0 aliphatic carbocycles. The van der Waals surface area contributed by atoms with Crippen molar-refractivity contribution in [3.05, 3.63) is 41.2 Å². The minimum atomic E-state index is 0.0803. The van der Waals surface area contributed by atoms with Crippen LogP contribution in [0.2, 0.25) is 5.15 Å². The van der Waals surface area contributed by atoms with E-state index in [0.717, 1.165) is 43.3 Å². The number of nitrogens with two attached hydrogens (primary N) is 1. The van der Waals surface area contributed by atoms with Gasteiger partial charge in [-0.3, -0.25) is 9.80 Å². The predicted octanol–water partition coefficient (Wildman–Crippen LogP) is 2.76. The average Bonchev–Trinajstić information content (AvgIpc) is 2.99. The maximum Gasteiger partial charge on any atom is 0.152 e. The number of H-pyrrole nitrogens is 1. The van der Waals surface area contributed by atoms with E-state index in [1.54, 1.807) is 0 Å². The van der Waals surface area contributed by atoms with Gasteiger partial charge in [0.1, 0.15) is 5.82 Å². The zero-order chi connectivity index (χ0) is 17.1. The number of hydrogen-bond acceptors (Lipinski definition) is 4. The minimum absolute atomic E-state index is 0.0803. The Morgan fingerprint density at radius 1 is 1.12 bits per heavy atom. The van der Waals surface area contributed by atoms with Crippen LogP contribution in [0.15, 0.2) is 30.3 Å². The van der Waals surface area contributed by atoms with E-state index in [1.165, 1.54) is 0 Å². The van der Waals surface area contributed by atoms with Gasteiger partial charge in [-0.15, -0.1) is 0 Å². The highest BCUT2D eigenvalue weighted by Gasteiger charge is 2.28. The van der Waals surface area contributed by atoms with E-state index in [0.29, 0.717) is 17.7 Å².